The molecule has 1 heterocycles. The number of anilines is 2. The molecule has 0 saturated carbocycles. The van der Waals surface area contributed by atoms with Gasteiger partial charge >= 0.3 is 0 Å². The fourth-order valence-electron chi connectivity index (χ4n) is 2.56. The minimum Gasteiger partial charge on any atom is -0.399 e. The molecule has 0 aliphatic carbocycles. The monoisotopic (exact) mass is 267 g/mol. The van der Waals surface area contributed by atoms with Gasteiger partial charge in [-0.1, -0.05) is 0 Å². The Morgan fingerprint density at radius 2 is 1.60 bits per heavy atom. The van der Waals surface area contributed by atoms with E-state index in [-0.39, 0.29) is 5.43 Å². The zero-order chi connectivity index (χ0) is 14.4. The predicted molar refractivity (Wildman–Crippen MR) is 85.4 cm³/mol. The molecule has 0 unspecified atom stereocenters. The maximum Gasteiger partial charge on any atom is 0.197 e. The first-order valence-corrected chi connectivity index (χ1v) is 6.48. The van der Waals surface area contributed by atoms with Gasteiger partial charge in [0.25, 0.3) is 0 Å². The summed E-state index contributed by atoms with van der Waals surface area (Å²) in [5, 5.41) is 1.43. The normalized spacial score (nSPS) is 11.2. The van der Waals surface area contributed by atoms with Crippen molar-refractivity contribution in [3.63, 3.8) is 0 Å². The average Bonchev–Trinajstić information content (AvgIpc) is 2.44. The van der Waals surface area contributed by atoms with Crippen LogP contribution in [0.4, 0.5) is 11.4 Å². The number of hydrogen-bond donors (Lipinski definition) is 1. The first-order valence-electron chi connectivity index (χ1n) is 6.48. The number of nitrogen functional groups attached to an aromatic ring is 1. The molecule has 4 nitrogen and oxygen atoms in total. The number of rotatable bonds is 1. The minimum absolute atomic E-state index is 0.0541. The number of nitrogens with two attached hydrogens (primary N) is 1. The molecule has 0 spiro atoms. The Balaban J connectivity index is 2.52. The number of nitrogens with zero attached hydrogens (tertiary/aromatic N) is 2. The van der Waals surface area contributed by atoms with E-state index < -0.39 is 0 Å². The minimum atomic E-state index is 0.0541. The van der Waals surface area contributed by atoms with Crippen molar-refractivity contribution in [3.8, 4) is 0 Å². The van der Waals surface area contributed by atoms with Gasteiger partial charge in [0.2, 0.25) is 0 Å². The van der Waals surface area contributed by atoms with Gasteiger partial charge in [0.1, 0.15) is 0 Å². The van der Waals surface area contributed by atoms with Crippen LogP contribution in [0.3, 0.4) is 0 Å². The summed E-state index contributed by atoms with van der Waals surface area (Å²) in [7, 11) is 5.93. The Kier molecular flexibility index (Phi) is 2.67. The van der Waals surface area contributed by atoms with Gasteiger partial charge in [-0.2, -0.15) is 0 Å². The summed E-state index contributed by atoms with van der Waals surface area (Å²) in [5.41, 5.74) is 9.40. The molecule has 0 amide bonds. The van der Waals surface area contributed by atoms with Crippen LogP contribution in [0.1, 0.15) is 0 Å². The van der Waals surface area contributed by atoms with Crippen LogP contribution in [-0.2, 0) is 7.05 Å². The highest BCUT2D eigenvalue weighted by Crippen LogP contribution is 2.23. The third-order valence-electron chi connectivity index (χ3n) is 3.73. The Labute approximate surface area is 117 Å². The summed E-state index contributed by atoms with van der Waals surface area (Å²) in [6.45, 7) is 0. The Morgan fingerprint density at radius 1 is 1.00 bits per heavy atom. The number of benzene rings is 2. The van der Waals surface area contributed by atoms with Crippen molar-refractivity contribution < 1.29 is 0 Å². The van der Waals surface area contributed by atoms with Gasteiger partial charge in [0.15, 0.2) is 5.43 Å². The van der Waals surface area contributed by atoms with Gasteiger partial charge in [-0.15, -0.1) is 0 Å². The van der Waals surface area contributed by atoms with E-state index in [1.165, 1.54) is 0 Å². The van der Waals surface area contributed by atoms with E-state index in [1.54, 1.807) is 12.1 Å². The fraction of sp³-hybridized carbons (Fsp3) is 0.188. The van der Waals surface area contributed by atoms with Crippen molar-refractivity contribution in [2.75, 3.05) is 24.7 Å². The molecule has 1 aromatic heterocycles. The van der Waals surface area contributed by atoms with E-state index in [2.05, 4.69) is 0 Å². The molecule has 3 rings (SSSR count). The standard InChI is InChI=1S/C16H17N3O/c1-18(2)11-5-7-13-15(9-11)19(3)14-8-10(17)4-6-12(14)16(13)20/h4-9H,17H2,1-3H3. The highest BCUT2D eigenvalue weighted by atomic mass is 16.1. The van der Waals surface area contributed by atoms with E-state index in [9.17, 15) is 4.79 Å². The molecule has 0 aliphatic rings. The largest absolute Gasteiger partial charge is 0.399 e. The molecule has 20 heavy (non-hydrogen) atoms. The van der Waals surface area contributed by atoms with Crippen LogP contribution in [0.5, 0.6) is 0 Å². The summed E-state index contributed by atoms with van der Waals surface area (Å²) >= 11 is 0. The van der Waals surface area contributed by atoms with E-state index in [0.29, 0.717) is 11.1 Å². The zero-order valence-electron chi connectivity index (χ0n) is 11.8. The van der Waals surface area contributed by atoms with Crippen LogP contribution < -0.4 is 16.1 Å². The third kappa shape index (κ3) is 1.72. The van der Waals surface area contributed by atoms with Gasteiger partial charge in [-0.05, 0) is 36.4 Å². The first kappa shape index (κ1) is 12.5. The summed E-state index contributed by atoms with van der Waals surface area (Å²) < 4.78 is 2.02. The molecule has 0 fully saturated rings. The Morgan fingerprint density at radius 3 is 2.25 bits per heavy atom. The quantitative estimate of drug-likeness (QED) is 0.544. The molecule has 2 N–H and O–H groups in total. The van der Waals surface area contributed by atoms with Gasteiger partial charge in [-0.25, -0.2) is 0 Å². The van der Waals surface area contributed by atoms with Crippen molar-refractivity contribution >= 4 is 33.2 Å². The zero-order valence-corrected chi connectivity index (χ0v) is 11.8. The second kappa shape index (κ2) is 4.27. The molecule has 0 radical (unpaired) electrons. The van der Waals surface area contributed by atoms with Crippen LogP contribution in [0, 0.1) is 0 Å². The van der Waals surface area contributed by atoms with Crippen LogP contribution in [0.25, 0.3) is 21.8 Å². The summed E-state index contributed by atoms with van der Waals surface area (Å²) in [6, 6.07) is 11.3. The third-order valence-corrected chi connectivity index (χ3v) is 3.73. The van der Waals surface area contributed by atoms with Crippen molar-refractivity contribution in [1.29, 1.82) is 0 Å². The fourth-order valence-corrected chi connectivity index (χ4v) is 2.56. The van der Waals surface area contributed by atoms with Crippen LogP contribution in [-0.4, -0.2) is 18.7 Å². The lowest BCUT2D eigenvalue weighted by Gasteiger charge is -2.16. The highest BCUT2D eigenvalue weighted by molar-refractivity contribution is 5.95. The lowest BCUT2D eigenvalue weighted by molar-refractivity contribution is 1.00. The number of pyridine rings is 1. The number of hydrogen-bond acceptors (Lipinski definition) is 3. The second-order valence-electron chi connectivity index (χ2n) is 5.26. The highest BCUT2D eigenvalue weighted by Gasteiger charge is 2.10. The summed E-state index contributed by atoms with van der Waals surface area (Å²) in [5.74, 6) is 0. The van der Waals surface area contributed by atoms with Crippen molar-refractivity contribution in [1.82, 2.24) is 4.57 Å². The smallest absolute Gasteiger partial charge is 0.197 e. The van der Waals surface area contributed by atoms with Crippen LogP contribution >= 0.6 is 0 Å². The average molecular weight is 267 g/mol. The van der Waals surface area contributed by atoms with Crippen LogP contribution in [0.2, 0.25) is 0 Å². The van der Waals surface area contributed by atoms with E-state index >= 15 is 0 Å². The summed E-state index contributed by atoms with van der Waals surface area (Å²) in [4.78, 5) is 14.6. The Bertz CT molecular complexity index is 878. The molecule has 4 heteroatoms. The van der Waals surface area contributed by atoms with E-state index in [4.69, 9.17) is 5.73 Å². The Hall–Kier alpha value is -2.49. The van der Waals surface area contributed by atoms with Gasteiger partial charge < -0.3 is 15.2 Å². The first-order chi connectivity index (χ1) is 9.49. The molecule has 0 atom stereocenters. The van der Waals surface area contributed by atoms with Gasteiger partial charge in [0, 0.05) is 43.3 Å². The maximum atomic E-state index is 12.6. The van der Waals surface area contributed by atoms with E-state index in [1.807, 2.05) is 54.9 Å². The summed E-state index contributed by atoms with van der Waals surface area (Å²) in [6.07, 6.45) is 0. The van der Waals surface area contributed by atoms with Crippen molar-refractivity contribution in [3.05, 3.63) is 46.6 Å². The molecule has 0 bridgehead atoms. The van der Waals surface area contributed by atoms with Crippen molar-refractivity contribution in [2.45, 2.75) is 0 Å². The number of aromatic nitrogens is 1. The van der Waals surface area contributed by atoms with Gasteiger partial charge in [-0.3, -0.25) is 4.79 Å². The molecule has 2 aromatic carbocycles. The SMILES string of the molecule is CN(C)c1ccc2c(=O)c3ccc(N)cc3n(C)c2c1. The second-order valence-corrected chi connectivity index (χ2v) is 5.26. The lowest BCUT2D eigenvalue weighted by Crippen LogP contribution is -2.12. The molecule has 0 saturated heterocycles. The lowest BCUT2D eigenvalue weighted by atomic mass is 10.1. The molecule has 102 valence electrons. The number of aryl methyl sites for hydroxylation is 1. The maximum absolute atomic E-state index is 12.6. The van der Waals surface area contributed by atoms with Gasteiger partial charge in [0.05, 0.1) is 11.0 Å². The number of fused-ring (bicyclic) bond motifs is 2. The predicted octanol–water partition coefficient (Wildman–Crippen LogP) is 2.34. The molecular formula is C16H17N3O. The molecule has 3 aromatic rings. The van der Waals surface area contributed by atoms with E-state index in [0.717, 1.165) is 22.1 Å². The molecule has 0 aliphatic heterocycles. The van der Waals surface area contributed by atoms with Crippen molar-refractivity contribution in [2.24, 2.45) is 7.05 Å². The van der Waals surface area contributed by atoms with Crippen LogP contribution in [0.15, 0.2) is 41.2 Å². The molecular weight excluding hydrogens is 250 g/mol. The topological polar surface area (TPSA) is 51.3 Å².